The van der Waals surface area contributed by atoms with Crippen molar-refractivity contribution in [3.05, 3.63) is 102 Å². The van der Waals surface area contributed by atoms with Crippen LogP contribution in [0.25, 0.3) is 17.1 Å². The Labute approximate surface area is 192 Å². The van der Waals surface area contributed by atoms with Gasteiger partial charge in [-0.2, -0.15) is 0 Å². The van der Waals surface area contributed by atoms with E-state index in [1.165, 1.54) is 0 Å². The molecule has 1 amide bonds. The Morgan fingerprint density at radius 1 is 0.909 bits per heavy atom. The van der Waals surface area contributed by atoms with Gasteiger partial charge >= 0.3 is 5.97 Å². The fraction of sp³-hybridized carbons (Fsp3) is 0.154. The molecule has 4 aromatic rings. The number of esters is 1. The Bertz CT molecular complexity index is 1170. The molecular formula is C26H24N4O3. The normalized spacial score (nSPS) is 11.6. The summed E-state index contributed by atoms with van der Waals surface area (Å²) < 4.78 is 6.86. The molecule has 0 radical (unpaired) electrons. The van der Waals surface area contributed by atoms with Crippen molar-refractivity contribution in [2.24, 2.45) is 0 Å². The van der Waals surface area contributed by atoms with Gasteiger partial charge in [0.2, 0.25) is 0 Å². The van der Waals surface area contributed by atoms with E-state index in [1.807, 2.05) is 97.9 Å². The standard InChI is InChI=1S/C26H24N4O3/c1-19(20-12-6-3-7-13-20)29(2)23(31)18-33-26(32)24-27-25(21-14-8-4-9-15-21)30(28-24)22-16-10-5-11-17-22/h3-17,19H,18H2,1-2H3. The Morgan fingerprint density at radius 2 is 1.48 bits per heavy atom. The van der Waals surface area contributed by atoms with E-state index in [0.717, 1.165) is 16.8 Å². The smallest absolute Gasteiger partial charge is 0.378 e. The SMILES string of the molecule is CC(c1ccccc1)N(C)C(=O)COC(=O)c1nc(-c2ccccc2)n(-c2ccccc2)n1. The Kier molecular flexibility index (Phi) is 6.59. The zero-order valence-corrected chi connectivity index (χ0v) is 18.5. The lowest BCUT2D eigenvalue weighted by Crippen LogP contribution is -2.33. The summed E-state index contributed by atoms with van der Waals surface area (Å²) in [5.74, 6) is -0.666. The van der Waals surface area contributed by atoms with E-state index in [2.05, 4.69) is 10.1 Å². The highest BCUT2D eigenvalue weighted by Crippen LogP contribution is 2.22. The van der Waals surface area contributed by atoms with Crippen LogP contribution in [0.3, 0.4) is 0 Å². The summed E-state index contributed by atoms with van der Waals surface area (Å²) in [5, 5.41) is 4.37. The molecule has 7 heteroatoms. The highest BCUT2D eigenvalue weighted by molar-refractivity contribution is 5.88. The minimum Gasteiger partial charge on any atom is -0.450 e. The maximum atomic E-state index is 12.7. The maximum Gasteiger partial charge on any atom is 0.378 e. The summed E-state index contributed by atoms with van der Waals surface area (Å²) in [6.07, 6.45) is 0. The molecule has 1 aromatic heterocycles. The van der Waals surface area contributed by atoms with Gasteiger partial charge in [0.25, 0.3) is 11.7 Å². The van der Waals surface area contributed by atoms with Gasteiger partial charge < -0.3 is 9.64 Å². The molecule has 0 saturated carbocycles. The molecule has 1 unspecified atom stereocenters. The molecule has 166 valence electrons. The van der Waals surface area contributed by atoms with Crippen LogP contribution in [-0.4, -0.2) is 45.2 Å². The first kappa shape index (κ1) is 22.0. The number of rotatable bonds is 7. The van der Waals surface area contributed by atoms with Crippen molar-refractivity contribution in [1.82, 2.24) is 19.7 Å². The van der Waals surface area contributed by atoms with Crippen molar-refractivity contribution >= 4 is 11.9 Å². The second kappa shape index (κ2) is 9.91. The number of benzene rings is 3. The van der Waals surface area contributed by atoms with Crippen LogP contribution in [0.2, 0.25) is 0 Å². The number of carbonyl (C=O) groups is 2. The largest absolute Gasteiger partial charge is 0.450 e. The van der Waals surface area contributed by atoms with Gasteiger partial charge in [-0.3, -0.25) is 4.79 Å². The minimum atomic E-state index is -0.754. The van der Waals surface area contributed by atoms with E-state index in [1.54, 1.807) is 16.6 Å². The van der Waals surface area contributed by atoms with Gasteiger partial charge in [-0.25, -0.2) is 14.5 Å². The molecule has 0 spiro atoms. The average Bonchev–Trinajstić information content (AvgIpc) is 3.33. The van der Waals surface area contributed by atoms with Gasteiger partial charge in [0.1, 0.15) is 0 Å². The van der Waals surface area contributed by atoms with Crippen LogP contribution < -0.4 is 0 Å². The highest BCUT2D eigenvalue weighted by Gasteiger charge is 2.23. The Hall–Kier alpha value is -4.26. The van der Waals surface area contributed by atoms with Crippen LogP contribution in [0.15, 0.2) is 91.0 Å². The molecule has 0 N–H and O–H groups in total. The van der Waals surface area contributed by atoms with Crippen molar-refractivity contribution in [3.8, 4) is 17.1 Å². The van der Waals surface area contributed by atoms with Gasteiger partial charge in [0.15, 0.2) is 12.4 Å². The molecule has 0 aliphatic carbocycles. The number of para-hydroxylation sites is 1. The number of aromatic nitrogens is 3. The molecule has 3 aromatic carbocycles. The van der Waals surface area contributed by atoms with E-state index in [4.69, 9.17) is 4.74 Å². The van der Waals surface area contributed by atoms with Gasteiger partial charge in [-0.1, -0.05) is 78.9 Å². The number of hydrogen-bond acceptors (Lipinski definition) is 5. The topological polar surface area (TPSA) is 77.3 Å². The predicted octanol–water partition coefficient (Wildman–Crippen LogP) is 4.31. The maximum absolute atomic E-state index is 12.7. The number of carbonyl (C=O) groups excluding carboxylic acids is 2. The molecule has 33 heavy (non-hydrogen) atoms. The zero-order valence-electron chi connectivity index (χ0n) is 18.5. The molecule has 1 heterocycles. The third-order valence-electron chi connectivity index (χ3n) is 5.41. The number of ether oxygens (including phenoxy) is 1. The van der Waals surface area contributed by atoms with E-state index in [9.17, 15) is 9.59 Å². The molecule has 7 nitrogen and oxygen atoms in total. The number of likely N-dealkylation sites (N-methyl/N-ethyl adjacent to an activating group) is 1. The minimum absolute atomic E-state index is 0.107. The van der Waals surface area contributed by atoms with Crippen LogP contribution in [0.5, 0.6) is 0 Å². The molecule has 0 aliphatic heterocycles. The monoisotopic (exact) mass is 440 g/mol. The summed E-state index contributed by atoms with van der Waals surface area (Å²) in [7, 11) is 1.68. The number of hydrogen-bond donors (Lipinski definition) is 0. The summed E-state index contributed by atoms with van der Waals surface area (Å²) >= 11 is 0. The van der Waals surface area contributed by atoms with Crippen molar-refractivity contribution in [2.45, 2.75) is 13.0 Å². The molecule has 0 bridgehead atoms. The highest BCUT2D eigenvalue weighted by atomic mass is 16.5. The van der Waals surface area contributed by atoms with E-state index in [-0.39, 0.29) is 17.8 Å². The molecule has 0 saturated heterocycles. The molecule has 1 atom stereocenters. The fourth-order valence-corrected chi connectivity index (χ4v) is 3.39. The molecular weight excluding hydrogens is 416 g/mol. The van der Waals surface area contributed by atoms with Gasteiger partial charge in [-0.05, 0) is 24.6 Å². The summed E-state index contributed by atoms with van der Waals surface area (Å²) in [6, 6.07) is 28.4. The number of nitrogens with zero attached hydrogens (tertiary/aromatic N) is 4. The molecule has 4 rings (SSSR count). The lowest BCUT2D eigenvalue weighted by atomic mass is 10.1. The fourth-order valence-electron chi connectivity index (χ4n) is 3.39. The van der Waals surface area contributed by atoms with Crippen molar-refractivity contribution < 1.29 is 14.3 Å². The lowest BCUT2D eigenvalue weighted by Gasteiger charge is -2.25. The molecule has 0 fully saturated rings. The predicted molar refractivity (Wildman–Crippen MR) is 125 cm³/mol. The third-order valence-corrected chi connectivity index (χ3v) is 5.41. The Morgan fingerprint density at radius 3 is 2.12 bits per heavy atom. The zero-order chi connectivity index (χ0) is 23.2. The van der Waals surface area contributed by atoms with Crippen LogP contribution in [0.1, 0.15) is 29.1 Å². The first-order valence-corrected chi connectivity index (χ1v) is 10.6. The lowest BCUT2D eigenvalue weighted by molar-refractivity contribution is -0.135. The summed E-state index contributed by atoms with van der Waals surface area (Å²) in [5.41, 5.74) is 2.56. The van der Waals surface area contributed by atoms with Gasteiger partial charge in [-0.15, -0.1) is 5.10 Å². The van der Waals surface area contributed by atoms with Crippen molar-refractivity contribution in [1.29, 1.82) is 0 Å². The molecule has 0 aliphatic rings. The first-order chi connectivity index (χ1) is 16.0. The van der Waals surface area contributed by atoms with Gasteiger partial charge in [0.05, 0.1) is 11.7 Å². The third kappa shape index (κ3) is 4.98. The van der Waals surface area contributed by atoms with Crippen LogP contribution in [0, 0.1) is 0 Å². The van der Waals surface area contributed by atoms with Crippen LogP contribution in [-0.2, 0) is 9.53 Å². The van der Waals surface area contributed by atoms with E-state index < -0.39 is 12.6 Å². The first-order valence-electron chi connectivity index (χ1n) is 10.6. The van der Waals surface area contributed by atoms with Crippen molar-refractivity contribution in [2.75, 3.05) is 13.7 Å². The van der Waals surface area contributed by atoms with E-state index >= 15 is 0 Å². The second-order valence-corrected chi connectivity index (χ2v) is 7.54. The number of amides is 1. The van der Waals surface area contributed by atoms with Crippen molar-refractivity contribution in [3.63, 3.8) is 0 Å². The summed E-state index contributed by atoms with van der Waals surface area (Å²) in [4.78, 5) is 31.3. The second-order valence-electron chi connectivity index (χ2n) is 7.54. The quantitative estimate of drug-likeness (QED) is 0.400. The average molecular weight is 441 g/mol. The Balaban J connectivity index is 1.50. The van der Waals surface area contributed by atoms with Gasteiger partial charge in [0, 0.05) is 12.6 Å². The van der Waals surface area contributed by atoms with Crippen LogP contribution in [0.4, 0.5) is 0 Å². The van der Waals surface area contributed by atoms with E-state index in [0.29, 0.717) is 5.82 Å². The van der Waals surface area contributed by atoms with Crippen LogP contribution >= 0.6 is 0 Å². The summed E-state index contributed by atoms with van der Waals surface area (Å²) in [6.45, 7) is 1.53.